The highest BCUT2D eigenvalue weighted by atomic mass is 35.5. The van der Waals surface area contributed by atoms with Crippen molar-refractivity contribution in [2.24, 2.45) is 0 Å². The number of rotatable bonds is 5. The molecule has 0 fully saturated rings. The minimum absolute atomic E-state index is 0.190. The zero-order valence-electron chi connectivity index (χ0n) is 13.7. The summed E-state index contributed by atoms with van der Waals surface area (Å²) >= 11 is 5.49. The number of benzene rings is 2. The van der Waals surface area contributed by atoms with Crippen molar-refractivity contribution in [1.29, 1.82) is 0 Å². The number of likely N-dealkylation sites (N-methyl/N-ethyl adjacent to an activating group) is 1. The first-order valence-electron chi connectivity index (χ1n) is 7.30. The van der Waals surface area contributed by atoms with E-state index < -0.39 is 45.1 Å². The second kappa shape index (κ2) is 7.83. The first kappa shape index (κ1) is 21.1. The molecule has 0 saturated carbocycles. The van der Waals surface area contributed by atoms with Gasteiger partial charge in [-0.1, -0.05) is 11.6 Å². The molecule has 0 radical (unpaired) electrons. The van der Waals surface area contributed by atoms with Gasteiger partial charge in [-0.25, -0.2) is 12.8 Å². The van der Waals surface area contributed by atoms with E-state index in [1.54, 1.807) is 0 Å². The molecule has 0 aliphatic heterocycles. The molecule has 0 saturated heterocycles. The largest absolute Gasteiger partial charge is 0.417 e. The van der Waals surface area contributed by atoms with E-state index in [1.807, 2.05) is 0 Å². The van der Waals surface area contributed by atoms with Gasteiger partial charge < -0.3 is 5.32 Å². The topological polar surface area (TPSA) is 66.5 Å². The van der Waals surface area contributed by atoms with Crippen LogP contribution in [0.25, 0.3) is 0 Å². The Morgan fingerprint density at radius 2 is 1.74 bits per heavy atom. The van der Waals surface area contributed by atoms with Crippen molar-refractivity contribution in [2.45, 2.75) is 11.1 Å². The number of anilines is 1. The van der Waals surface area contributed by atoms with Crippen LogP contribution >= 0.6 is 11.6 Å². The molecule has 0 aliphatic carbocycles. The molecule has 0 atom stereocenters. The van der Waals surface area contributed by atoms with E-state index in [2.05, 4.69) is 5.32 Å². The lowest BCUT2D eigenvalue weighted by Crippen LogP contribution is -2.35. The molecule has 27 heavy (non-hydrogen) atoms. The van der Waals surface area contributed by atoms with Gasteiger partial charge in [-0.2, -0.15) is 17.5 Å². The van der Waals surface area contributed by atoms with Crippen molar-refractivity contribution in [3.05, 3.63) is 58.9 Å². The molecule has 0 heterocycles. The highest BCUT2D eigenvalue weighted by Gasteiger charge is 2.33. The van der Waals surface area contributed by atoms with Crippen molar-refractivity contribution in [3.8, 4) is 0 Å². The maximum Gasteiger partial charge on any atom is 0.417 e. The van der Waals surface area contributed by atoms with Crippen LogP contribution in [0.15, 0.2) is 47.4 Å². The van der Waals surface area contributed by atoms with Gasteiger partial charge in [-0.3, -0.25) is 4.79 Å². The quantitative estimate of drug-likeness (QED) is 0.743. The smallest absolute Gasteiger partial charge is 0.325 e. The third-order valence-corrected chi connectivity index (χ3v) is 5.59. The third kappa shape index (κ3) is 5.18. The Kier molecular flexibility index (Phi) is 6.13. The number of carbonyl (C=O) groups excluding carboxylic acids is 1. The molecule has 146 valence electrons. The van der Waals surface area contributed by atoms with E-state index in [0.717, 1.165) is 43.4 Å². The number of hydrogen-bond donors (Lipinski definition) is 1. The van der Waals surface area contributed by atoms with Crippen molar-refractivity contribution in [2.75, 3.05) is 18.9 Å². The average Bonchev–Trinajstić information content (AvgIpc) is 2.55. The molecule has 2 rings (SSSR count). The van der Waals surface area contributed by atoms with Crippen molar-refractivity contribution in [3.63, 3.8) is 0 Å². The molecule has 1 N–H and O–H groups in total. The van der Waals surface area contributed by atoms with Crippen LogP contribution in [0.1, 0.15) is 5.56 Å². The molecule has 0 spiro atoms. The number of alkyl halides is 3. The molecule has 0 bridgehead atoms. The number of carbonyl (C=O) groups is 1. The van der Waals surface area contributed by atoms with Crippen molar-refractivity contribution in [1.82, 2.24) is 4.31 Å². The van der Waals surface area contributed by atoms with Crippen LogP contribution < -0.4 is 5.32 Å². The number of amides is 1. The number of hydrogen-bond acceptors (Lipinski definition) is 3. The summed E-state index contributed by atoms with van der Waals surface area (Å²) in [6.07, 6.45) is -4.71. The first-order valence-corrected chi connectivity index (χ1v) is 9.11. The molecule has 2 aromatic rings. The molecule has 0 aromatic heterocycles. The standard InChI is InChI=1S/C16H13ClF4N2O3S/c1-23(27(25,26)12-5-2-10(18)3-6-12)9-15(24)22-11-4-7-14(17)13(8-11)16(19,20)21/h2-8H,9H2,1H3,(H,22,24). The predicted molar refractivity (Wildman–Crippen MR) is 91.3 cm³/mol. The SMILES string of the molecule is CN(CC(=O)Nc1ccc(Cl)c(C(F)(F)F)c1)S(=O)(=O)c1ccc(F)cc1. The summed E-state index contributed by atoms with van der Waals surface area (Å²) in [6, 6.07) is 6.75. The Morgan fingerprint density at radius 3 is 2.30 bits per heavy atom. The minimum atomic E-state index is -4.71. The summed E-state index contributed by atoms with van der Waals surface area (Å²) in [7, 11) is -2.96. The number of nitrogens with zero attached hydrogens (tertiary/aromatic N) is 1. The van der Waals surface area contributed by atoms with E-state index in [0.29, 0.717) is 10.4 Å². The molecular weight excluding hydrogens is 412 g/mol. The Hall–Kier alpha value is -2.17. The summed E-state index contributed by atoms with van der Waals surface area (Å²) in [5.74, 6) is -1.49. The van der Waals surface area contributed by atoms with Crippen LogP contribution in [0.5, 0.6) is 0 Å². The van der Waals surface area contributed by atoms with Crippen LogP contribution in [-0.2, 0) is 21.0 Å². The van der Waals surface area contributed by atoms with Gasteiger partial charge in [-0.05, 0) is 42.5 Å². The maximum absolute atomic E-state index is 12.9. The highest BCUT2D eigenvalue weighted by Crippen LogP contribution is 2.36. The van der Waals surface area contributed by atoms with Gasteiger partial charge in [0.1, 0.15) is 5.82 Å². The van der Waals surface area contributed by atoms with E-state index in [4.69, 9.17) is 11.6 Å². The summed E-state index contributed by atoms with van der Waals surface area (Å²) in [5.41, 5.74) is -1.32. The van der Waals surface area contributed by atoms with Gasteiger partial charge in [0.15, 0.2) is 0 Å². The lowest BCUT2D eigenvalue weighted by Gasteiger charge is -2.17. The molecule has 1 amide bonds. The van der Waals surface area contributed by atoms with Gasteiger partial charge in [0.25, 0.3) is 0 Å². The second-order valence-corrected chi connectivity index (χ2v) is 7.91. The molecule has 0 unspecified atom stereocenters. The van der Waals surface area contributed by atoms with Crippen LogP contribution in [-0.4, -0.2) is 32.2 Å². The highest BCUT2D eigenvalue weighted by molar-refractivity contribution is 7.89. The Labute approximate surface area is 157 Å². The van der Waals surface area contributed by atoms with Crippen LogP contribution in [0.3, 0.4) is 0 Å². The van der Waals surface area contributed by atoms with E-state index in [9.17, 15) is 30.8 Å². The first-order chi connectivity index (χ1) is 12.4. The molecule has 5 nitrogen and oxygen atoms in total. The van der Waals surface area contributed by atoms with Gasteiger partial charge in [-0.15, -0.1) is 0 Å². The fourth-order valence-corrected chi connectivity index (χ4v) is 3.45. The fraction of sp³-hybridized carbons (Fsp3) is 0.188. The fourth-order valence-electron chi connectivity index (χ4n) is 2.09. The van der Waals surface area contributed by atoms with Gasteiger partial charge in [0, 0.05) is 12.7 Å². The predicted octanol–water partition coefficient (Wildman–Crippen LogP) is 3.76. The number of halogens is 5. The average molecular weight is 425 g/mol. The van der Waals surface area contributed by atoms with Crippen LogP contribution in [0, 0.1) is 5.82 Å². The minimum Gasteiger partial charge on any atom is -0.325 e. The summed E-state index contributed by atoms with van der Waals surface area (Å²) < 4.78 is 76.8. The molecular formula is C16H13ClF4N2O3S. The maximum atomic E-state index is 12.9. The van der Waals surface area contributed by atoms with Gasteiger partial charge in [0.05, 0.1) is 22.0 Å². The lowest BCUT2D eigenvalue weighted by atomic mass is 10.2. The number of sulfonamides is 1. The van der Waals surface area contributed by atoms with Gasteiger partial charge >= 0.3 is 6.18 Å². The van der Waals surface area contributed by atoms with E-state index >= 15 is 0 Å². The summed E-state index contributed by atoms with van der Waals surface area (Å²) in [4.78, 5) is 11.8. The van der Waals surface area contributed by atoms with Crippen molar-refractivity contribution < 1.29 is 30.8 Å². The Bertz CT molecular complexity index is 947. The zero-order valence-corrected chi connectivity index (χ0v) is 15.3. The van der Waals surface area contributed by atoms with Crippen LogP contribution in [0.4, 0.5) is 23.2 Å². The van der Waals surface area contributed by atoms with Crippen molar-refractivity contribution >= 4 is 33.2 Å². The Morgan fingerprint density at radius 1 is 1.15 bits per heavy atom. The third-order valence-electron chi connectivity index (χ3n) is 3.44. The number of nitrogens with one attached hydrogen (secondary N) is 1. The molecule has 11 heteroatoms. The monoisotopic (exact) mass is 424 g/mol. The van der Waals surface area contributed by atoms with Gasteiger partial charge in [0.2, 0.25) is 15.9 Å². The Balaban J connectivity index is 2.12. The second-order valence-electron chi connectivity index (χ2n) is 5.46. The van der Waals surface area contributed by atoms with Crippen LogP contribution in [0.2, 0.25) is 5.02 Å². The summed E-state index contributed by atoms with van der Waals surface area (Å²) in [5, 5.41) is 1.65. The van der Waals surface area contributed by atoms with E-state index in [1.165, 1.54) is 0 Å². The molecule has 2 aromatic carbocycles. The normalized spacial score (nSPS) is 12.3. The summed E-state index contributed by atoms with van der Waals surface area (Å²) in [6.45, 7) is -0.663. The lowest BCUT2D eigenvalue weighted by molar-refractivity contribution is -0.137. The molecule has 0 aliphatic rings. The van der Waals surface area contributed by atoms with E-state index in [-0.39, 0.29) is 10.6 Å². The zero-order chi connectivity index (χ0) is 20.4.